The van der Waals surface area contributed by atoms with Crippen molar-refractivity contribution in [1.29, 1.82) is 0 Å². The third-order valence-corrected chi connectivity index (χ3v) is 8.93. The van der Waals surface area contributed by atoms with Crippen LogP contribution < -0.4 is 0 Å². The molecule has 1 aliphatic carbocycles. The van der Waals surface area contributed by atoms with E-state index in [0.29, 0.717) is 17.8 Å². The first-order valence-corrected chi connectivity index (χ1v) is 10.7. The Morgan fingerprint density at radius 3 is 2.70 bits per heavy atom. The molecule has 4 heterocycles. The van der Waals surface area contributed by atoms with E-state index in [-0.39, 0.29) is 16.1 Å². The molecule has 0 N–H and O–H groups in total. The van der Waals surface area contributed by atoms with Gasteiger partial charge in [0.1, 0.15) is 5.44 Å². The Morgan fingerprint density at radius 2 is 1.96 bits per heavy atom. The molecule has 0 aromatic heterocycles. The summed E-state index contributed by atoms with van der Waals surface area (Å²) in [6.45, 7) is 8.75. The van der Waals surface area contributed by atoms with Crippen LogP contribution in [-0.2, 0) is 19.2 Å². The van der Waals surface area contributed by atoms with E-state index in [1.54, 1.807) is 0 Å². The van der Waals surface area contributed by atoms with Crippen LogP contribution in [0.3, 0.4) is 0 Å². The lowest BCUT2D eigenvalue weighted by Gasteiger charge is -2.62. The first-order valence-electron chi connectivity index (χ1n) is 8.84. The van der Waals surface area contributed by atoms with Crippen molar-refractivity contribution < 1.29 is 19.2 Å². The standard InChI is InChI=1S/C17H27BrO4S/c1-5-23-14-16(4,18)12-7-6-10(2)11-8-9-15(3)20-13(19-14)17(11,12)22-21-15/h10-14H,5-9H2,1-4H3/t10-,11+,12+,13-,14+,15-,16?,17-/m1/s1. The lowest BCUT2D eigenvalue weighted by Crippen LogP contribution is -2.73. The molecule has 0 amide bonds. The maximum atomic E-state index is 6.49. The number of rotatable bonds is 2. The number of hydrogen-bond acceptors (Lipinski definition) is 5. The van der Waals surface area contributed by atoms with Gasteiger partial charge in [-0.2, -0.15) is 0 Å². The summed E-state index contributed by atoms with van der Waals surface area (Å²) < 4.78 is 12.7. The summed E-state index contributed by atoms with van der Waals surface area (Å²) in [6, 6.07) is 0. The van der Waals surface area contributed by atoms with Crippen molar-refractivity contribution >= 4 is 27.7 Å². The van der Waals surface area contributed by atoms with Crippen molar-refractivity contribution in [3.63, 3.8) is 0 Å². The topological polar surface area (TPSA) is 36.9 Å². The molecule has 4 aliphatic heterocycles. The average molecular weight is 407 g/mol. The lowest BCUT2D eigenvalue weighted by atomic mass is 9.58. The average Bonchev–Trinajstić information content (AvgIpc) is 2.71. The third kappa shape index (κ3) is 2.32. The van der Waals surface area contributed by atoms with E-state index < -0.39 is 11.4 Å². The summed E-state index contributed by atoms with van der Waals surface area (Å²) in [5.41, 5.74) is -0.426. The highest BCUT2D eigenvalue weighted by Crippen LogP contribution is 2.64. The molecular formula is C17H27BrO4S. The van der Waals surface area contributed by atoms with E-state index in [1.165, 1.54) is 6.42 Å². The van der Waals surface area contributed by atoms with Gasteiger partial charge in [-0.3, -0.25) is 0 Å². The van der Waals surface area contributed by atoms with Crippen LogP contribution in [0.5, 0.6) is 0 Å². The van der Waals surface area contributed by atoms with Gasteiger partial charge in [-0.05, 0) is 50.7 Å². The molecule has 4 nitrogen and oxygen atoms in total. The Balaban J connectivity index is 1.80. The molecular weight excluding hydrogens is 380 g/mol. The molecule has 132 valence electrons. The van der Waals surface area contributed by atoms with Crippen molar-refractivity contribution in [2.45, 2.75) is 80.8 Å². The largest absolute Gasteiger partial charge is 0.334 e. The van der Waals surface area contributed by atoms with Crippen molar-refractivity contribution in [3.8, 4) is 0 Å². The Hall–Kier alpha value is 0.670. The number of alkyl halides is 1. The molecule has 0 radical (unpaired) electrons. The molecule has 0 aromatic rings. The molecule has 5 fully saturated rings. The van der Waals surface area contributed by atoms with Gasteiger partial charge in [-0.25, -0.2) is 9.78 Å². The second-order valence-corrected chi connectivity index (χ2v) is 11.0. The zero-order valence-corrected chi connectivity index (χ0v) is 16.7. The molecule has 0 aromatic carbocycles. The second kappa shape index (κ2) is 5.58. The molecule has 2 bridgehead atoms. The van der Waals surface area contributed by atoms with Gasteiger partial charge in [0.25, 0.3) is 0 Å². The third-order valence-electron chi connectivity index (χ3n) is 6.43. The minimum atomic E-state index is -0.682. The number of fused-ring (bicyclic) bond motifs is 2. The number of hydrogen-bond donors (Lipinski definition) is 0. The predicted octanol–water partition coefficient (Wildman–Crippen LogP) is 4.47. The smallest absolute Gasteiger partial charge is 0.201 e. The van der Waals surface area contributed by atoms with Gasteiger partial charge < -0.3 is 9.47 Å². The summed E-state index contributed by atoms with van der Waals surface area (Å²) in [6.07, 6.45) is 3.94. The van der Waals surface area contributed by atoms with Crippen LogP contribution in [0.2, 0.25) is 0 Å². The van der Waals surface area contributed by atoms with Crippen molar-refractivity contribution in [2.75, 3.05) is 5.75 Å². The number of thioether (sulfide) groups is 1. The van der Waals surface area contributed by atoms with Gasteiger partial charge >= 0.3 is 0 Å². The summed E-state index contributed by atoms with van der Waals surface area (Å²) in [4.78, 5) is 12.0. The minimum absolute atomic E-state index is 0.0636. The highest BCUT2D eigenvalue weighted by Gasteiger charge is 2.72. The van der Waals surface area contributed by atoms with E-state index >= 15 is 0 Å². The molecule has 5 aliphatic rings. The molecule has 5 rings (SSSR count). The van der Waals surface area contributed by atoms with Crippen LogP contribution in [0.4, 0.5) is 0 Å². The Kier molecular flexibility index (Phi) is 4.15. The maximum Gasteiger partial charge on any atom is 0.201 e. The minimum Gasteiger partial charge on any atom is -0.334 e. The molecule has 1 saturated carbocycles. The monoisotopic (exact) mass is 406 g/mol. The van der Waals surface area contributed by atoms with Gasteiger partial charge in [0.2, 0.25) is 5.79 Å². The Morgan fingerprint density at radius 1 is 1.17 bits per heavy atom. The zero-order valence-electron chi connectivity index (χ0n) is 14.3. The van der Waals surface area contributed by atoms with Crippen LogP contribution in [0, 0.1) is 17.8 Å². The number of halogens is 1. The fraction of sp³-hybridized carbons (Fsp3) is 1.00. The van der Waals surface area contributed by atoms with Crippen LogP contribution in [0.1, 0.15) is 53.4 Å². The fourth-order valence-corrected chi connectivity index (χ4v) is 7.27. The fourth-order valence-electron chi connectivity index (χ4n) is 5.21. The van der Waals surface area contributed by atoms with E-state index in [4.69, 9.17) is 19.2 Å². The Bertz CT molecular complexity index is 489. The van der Waals surface area contributed by atoms with Gasteiger partial charge in [0.15, 0.2) is 11.9 Å². The van der Waals surface area contributed by atoms with Crippen LogP contribution >= 0.6 is 27.7 Å². The van der Waals surface area contributed by atoms with Gasteiger partial charge in [-0.1, -0.05) is 29.8 Å². The summed E-state index contributed by atoms with van der Waals surface area (Å²) in [5.74, 6) is 1.68. The molecule has 8 atom stereocenters. The van der Waals surface area contributed by atoms with E-state index in [0.717, 1.165) is 25.0 Å². The zero-order chi connectivity index (χ0) is 16.5. The first-order chi connectivity index (χ1) is 10.8. The summed E-state index contributed by atoms with van der Waals surface area (Å²) >= 11 is 5.87. The summed E-state index contributed by atoms with van der Waals surface area (Å²) in [7, 11) is 0. The van der Waals surface area contributed by atoms with Crippen LogP contribution in [0.25, 0.3) is 0 Å². The predicted molar refractivity (Wildman–Crippen MR) is 93.1 cm³/mol. The molecule has 1 spiro atoms. The summed E-state index contributed by atoms with van der Waals surface area (Å²) in [5, 5.41) is 0. The van der Waals surface area contributed by atoms with Crippen LogP contribution in [-0.4, -0.2) is 33.2 Å². The van der Waals surface area contributed by atoms with Gasteiger partial charge in [0, 0.05) is 12.3 Å². The Labute approximate surface area is 151 Å². The second-order valence-electron chi connectivity index (χ2n) is 7.93. The van der Waals surface area contributed by atoms with Crippen molar-refractivity contribution in [3.05, 3.63) is 0 Å². The molecule has 1 unspecified atom stereocenters. The SMILES string of the molecule is CCS[C@@H]1O[C@@H]2O[C@@]3(C)CC[C@H]4[C@H](C)CC[C@@H](C1(C)Br)[C@@]24OO3. The maximum absolute atomic E-state index is 6.49. The first kappa shape index (κ1) is 17.1. The van der Waals surface area contributed by atoms with Crippen LogP contribution in [0.15, 0.2) is 0 Å². The number of ether oxygens (including phenoxy) is 2. The lowest BCUT2D eigenvalue weighted by molar-refractivity contribution is -0.566. The highest BCUT2D eigenvalue weighted by atomic mass is 79.9. The molecule has 4 saturated heterocycles. The molecule has 6 heteroatoms. The highest BCUT2D eigenvalue weighted by molar-refractivity contribution is 9.10. The van der Waals surface area contributed by atoms with E-state index in [2.05, 4.69) is 36.7 Å². The van der Waals surface area contributed by atoms with Gasteiger partial charge in [-0.15, -0.1) is 11.8 Å². The van der Waals surface area contributed by atoms with E-state index in [9.17, 15) is 0 Å². The van der Waals surface area contributed by atoms with Gasteiger partial charge in [0.05, 0.1) is 4.32 Å². The molecule has 23 heavy (non-hydrogen) atoms. The van der Waals surface area contributed by atoms with Crippen molar-refractivity contribution in [1.82, 2.24) is 0 Å². The normalized spacial score (nSPS) is 58.6. The quantitative estimate of drug-likeness (QED) is 0.499. The van der Waals surface area contributed by atoms with E-state index in [1.807, 2.05) is 18.7 Å². The van der Waals surface area contributed by atoms with Crippen molar-refractivity contribution in [2.24, 2.45) is 17.8 Å².